The third kappa shape index (κ3) is 5.24. The quantitative estimate of drug-likeness (QED) is 0.646. The number of hydrogen-bond donors (Lipinski definition) is 4. The first-order valence-electron chi connectivity index (χ1n) is 8.34. The molecule has 0 aliphatic rings. The van der Waals surface area contributed by atoms with Crippen LogP contribution in [0.15, 0.2) is 42.5 Å². The van der Waals surface area contributed by atoms with Crippen LogP contribution < -0.4 is 21.7 Å². The van der Waals surface area contributed by atoms with Gasteiger partial charge in [-0.25, -0.2) is 9.59 Å². The maximum Gasteiger partial charge on any atom is 0.319 e. The summed E-state index contributed by atoms with van der Waals surface area (Å²) in [5.41, 5.74) is 9.74. The Hall–Kier alpha value is -3.02. The van der Waals surface area contributed by atoms with Gasteiger partial charge in [-0.2, -0.15) is 0 Å². The highest BCUT2D eigenvalue weighted by molar-refractivity contribution is 5.91. The van der Waals surface area contributed by atoms with Gasteiger partial charge in [-0.3, -0.25) is 0 Å². The smallest absolute Gasteiger partial charge is 0.319 e. The molecule has 0 heterocycles. The van der Waals surface area contributed by atoms with Crippen molar-refractivity contribution in [3.63, 3.8) is 0 Å². The van der Waals surface area contributed by atoms with Crippen LogP contribution in [-0.2, 0) is 19.4 Å². The maximum absolute atomic E-state index is 12.2. The van der Waals surface area contributed by atoms with Crippen LogP contribution in [0.1, 0.15) is 30.5 Å². The molecule has 25 heavy (non-hydrogen) atoms. The Bertz CT molecular complexity index is 719. The number of urea groups is 2. The molecular formula is C19H24N4O2. The van der Waals surface area contributed by atoms with E-state index < -0.39 is 6.03 Å². The lowest BCUT2D eigenvalue weighted by molar-refractivity contribution is 0.251. The number of aryl methyl sites for hydroxylation is 2. The van der Waals surface area contributed by atoms with Gasteiger partial charge in [0.1, 0.15) is 0 Å². The average molecular weight is 340 g/mol. The molecule has 0 spiro atoms. The fraction of sp³-hybridized carbons (Fsp3) is 0.263. The van der Waals surface area contributed by atoms with Gasteiger partial charge in [0.2, 0.25) is 0 Å². The number of amides is 4. The number of carbonyl (C=O) groups excluding carboxylic acids is 2. The number of nitrogens with two attached hydrogens (primary N) is 1. The standard InChI is InChI=1S/C19H24N4O2/c1-3-14-6-5-7-15(4-2)17(14)23-19(25)21-12-13-8-10-16(11-9-13)22-18(20)24/h5-11H,3-4,12H2,1-2H3,(H3,20,22,24)(H2,21,23,25). The third-order valence-corrected chi connectivity index (χ3v) is 3.91. The normalized spacial score (nSPS) is 10.2. The molecule has 0 radical (unpaired) electrons. The number of rotatable bonds is 6. The van der Waals surface area contributed by atoms with Gasteiger partial charge in [0.25, 0.3) is 0 Å². The van der Waals surface area contributed by atoms with Crippen LogP contribution >= 0.6 is 0 Å². The van der Waals surface area contributed by atoms with Gasteiger partial charge in [0, 0.05) is 17.9 Å². The van der Waals surface area contributed by atoms with E-state index in [0.29, 0.717) is 12.2 Å². The second-order valence-electron chi connectivity index (χ2n) is 5.65. The number of benzene rings is 2. The Labute approximate surface area is 147 Å². The summed E-state index contributed by atoms with van der Waals surface area (Å²) in [7, 11) is 0. The first-order chi connectivity index (χ1) is 12.0. The zero-order valence-corrected chi connectivity index (χ0v) is 14.6. The molecule has 0 aliphatic heterocycles. The molecule has 0 saturated heterocycles. The van der Waals surface area contributed by atoms with Gasteiger partial charge in [-0.05, 0) is 41.7 Å². The van der Waals surface area contributed by atoms with Gasteiger partial charge in [-0.15, -0.1) is 0 Å². The Kier molecular flexibility index (Phi) is 6.39. The first kappa shape index (κ1) is 18.3. The fourth-order valence-electron chi connectivity index (χ4n) is 2.59. The minimum Gasteiger partial charge on any atom is -0.351 e. The summed E-state index contributed by atoms with van der Waals surface area (Å²) >= 11 is 0. The number of carbonyl (C=O) groups is 2. The van der Waals surface area contributed by atoms with Crippen molar-refractivity contribution in [3.8, 4) is 0 Å². The van der Waals surface area contributed by atoms with Crippen molar-refractivity contribution in [3.05, 3.63) is 59.2 Å². The summed E-state index contributed by atoms with van der Waals surface area (Å²) in [6.45, 7) is 4.53. The molecule has 0 unspecified atom stereocenters. The van der Waals surface area contributed by atoms with Crippen molar-refractivity contribution in [2.75, 3.05) is 10.6 Å². The minimum absolute atomic E-state index is 0.241. The molecule has 5 N–H and O–H groups in total. The summed E-state index contributed by atoms with van der Waals surface area (Å²) in [5.74, 6) is 0. The van der Waals surface area contributed by atoms with E-state index in [9.17, 15) is 9.59 Å². The van der Waals surface area contributed by atoms with Gasteiger partial charge < -0.3 is 21.7 Å². The molecule has 6 heteroatoms. The van der Waals surface area contributed by atoms with Crippen LogP contribution in [-0.4, -0.2) is 12.1 Å². The Morgan fingerprint density at radius 3 is 2.04 bits per heavy atom. The maximum atomic E-state index is 12.2. The Balaban J connectivity index is 1.96. The lowest BCUT2D eigenvalue weighted by Gasteiger charge is -2.15. The molecule has 0 fully saturated rings. The van der Waals surface area contributed by atoms with Crippen molar-refractivity contribution in [2.24, 2.45) is 5.73 Å². The third-order valence-electron chi connectivity index (χ3n) is 3.91. The SMILES string of the molecule is CCc1cccc(CC)c1NC(=O)NCc1ccc(NC(N)=O)cc1. The van der Waals surface area contributed by atoms with Gasteiger partial charge in [0.05, 0.1) is 0 Å². The van der Waals surface area contributed by atoms with E-state index in [1.807, 2.05) is 30.3 Å². The Morgan fingerprint density at radius 2 is 1.52 bits per heavy atom. The van der Waals surface area contributed by atoms with Gasteiger partial charge >= 0.3 is 12.1 Å². The highest BCUT2D eigenvalue weighted by Gasteiger charge is 2.09. The molecule has 4 amide bonds. The van der Waals surface area contributed by atoms with Gasteiger partial charge in [0.15, 0.2) is 0 Å². The number of para-hydroxylation sites is 1. The topological polar surface area (TPSA) is 96.2 Å². The molecule has 2 aromatic rings. The molecular weight excluding hydrogens is 316 g/mol. The zero-order valence-electron chi connectivity index (χ0n) is 14.6. The molecule has 0 atom stereocenters. The fourth-order valence-corrected chi connectivity index (χ4v) is 2.59. The molecule has 2 rings (SSSR count). The van der Waals surface area contributed by atoms with E-state index in [-0.39, 0.29) is 6.03 Å². The molecule has 0 saturated carbocycles. The summed E-state index contributed by atoms with van der Waals surface area (Å²) in [6.07, 6.45) is 1.72. The predicted molar refractivity (Wildman–Crippen MR) is 101 cm³/mol. The summed E-state index contributed by atoms with van der Waals surface area (Å²) < 4.78 is 0. The van der Waals surface area contributed by atoms with Crippen LogP contribution in [0.2, 0.25) is 0 Å². The number of anilines is 2. The highest BCUT2D eigenvalue weighted by atomic mass is 16.2. The monoisotopic (exact) mass is 340 g/mol. The van der Waals surface area contributed by atoms with E-state index in [1.54, 1.807) is 12.1 Å². The van der Waals surface area contributed by atoms with Crippen molar-refractivity contribution in [1.82, 2.24) is 5.32 Å². The molecule has 6 nitrogen and oxygen atoms in total. The second kappa shape index (κ2) is 8.73. The highest BCUT2D eigenvalue weighted by Crippen LogP contribution is 2.22. The number of nitrogens with one attached hydrogen (secondary N) is 3. The second-order valence-corrected chi connectivity index (χ2v) is 5.65. The van der Waals surface area contributed by atoms with Crippen LogP contribution in [0.25, 0.3) is 0 Å². The summed E-state index contributed by atoms with van der Waals surface area (Å²) in [6, 6.07) is 12.3. The Morgan fingerprint density at radius 1 is 0.920 bits per heavy atom. The van der Waals surface area contributed by atoms with Crippen LogP contribution in [0.4, 0.5) is 21.0 Å². The van der Waals surface area contributed by atoms with E-state index in [4.69, 9.17) is 5.73 Å². The zero-order chi connectivity index (χ0) is 18.2. The predicted octanol–water partition coefficient (Wildman–Crippen LogP) is 3.62. The van der Waals surface area contributed by atoms with E-state index in [1.165, 1.54) is 0 Å². The molecule has 0 aliphatic carbocycles. The minimum atomic E-state index is -0.605. The van der Waals surface area contributed by atoms with Crippen molar-refractivity contribution in [1.29, 1.82) is 0 Å². The largest absolute Gasteiger partial charge is 0.351 e. The first-order valence-corrected chi connectivity index (χ1v) is 8.34. The molecule has 132 valence electrons. The van der Waals surface area contributed by atoms with E-state index >= 15 is 0 Å². The van der Waals surface area contributed by atoms with E-state index in [0.717, 1.165) is 35.2 Å². The summed E-state index contributed by atoms with van der Waals surface area (Å²) in [4.78, 5) is 23.0. The average Bonchev–Trinajstić information content (AvgIpc) is 2.60. The lowest BCUT2D eigenvalue weighted by Crippen LogP contribution is -2.29. The van der Waals surface area contributed by atoms with Crippen LogP contribution in [0, 0.1) is 0 Å². The van der Waals surface area contributed by atoms with Gasteiger partial charge in [-0.1, -0.05) is 44.2 Å². The molecule has 0 bridgehead atoms. The van der Waals surface area contributed by atoms with Crippen molar-refractivity contribution < 1.29 is 9.59 Å². The molecule has 0 aromatic heterocycles. The lowest BCUT2D eigenvalue weighted by atomic mass is 10.0. The van der Waals surface area contributed by atoms with Crippen LogP contribution in [0.5, 0.6) is 0 Å². The van der Waals surface area contributed by atoms with Crippen molar-refractivity contribution >= 4 is 23.4 Å². The number of primary amides is 1. The van der Waals surface area contributed by atoms with Crippen molar-refractivity contribution in [2.45, 2.75) is 33.2 Å². The number of hydrogen-bond acceptors (Lipinski definition) is 2. The summed E-state index contributed by atoms with van der Waals surface area (Å²) in [5, 5.41) is 8.31. The molecule has 2 aromatic carbocycles. The van der Waals surface area contributed by atoms with Crippen LogP contribution in [0.3, 0.4) is 0 Å². The van der Waals surface area contributed by atoms with E-state index in [2.05, 4.69) is 29.8 Å².